The van der Waals surface area contributed by atoms with Gasteiger partial charge in [-0.2, -0.15) is 0 Å². The number of carbonyl (C=O) groups is 1. The number of ether oxygens (including phenoxy) is 1. The summed E-state index contributed by atoms with van der Waals surface area (Å²) < 4.78 is 6.31. The minimum absolute atomic E-state index is 0.449. The molecule has 0 atom stereocenters. The van der Waals surface area contributed by atoms with Gasteiger partial charge in [0.25, 0.3) is 0 Å². The van der Waals surface area contributed by atoms with E-state index in [9.17, 15) is 4.79 Å². The second-order valence-electron chi connectivity index (χ2n) is 6.70. The van der Waals surface area contributed by atoms with Crippen LogP contribution in [0.25, 0.3) is 33.3 Å². The number of carbonyl (C=O) groups excluding carboxylic acids is 1. The normalized spacial score (nSPS) is 10.9. The number of methoxy groups -OCH3 is 1. The summed E-state index contributed by atoms with van der Waals surface area (Å²) in [6.07, 6.45) is 1.06. The number of nitrogens with zero attached hydrogens (tertiary/aromatic N) is 2. The van der Waals surface area contributed by atoms with Gasteiger partial charge in [-0.3, -0.25) is 0 Å². The molecule has 134 valence electrons. The van der Waals surface area contributed by atoms with E-state index in [-0.39, 0.29) is 0 Å². The number of hydrogen-bond donors (Lipinski definition) is 0. The van der Waals surface area contributed by atoms with Gasteiger partial charge in [0.2, 0.25) is 0 Å². The zero-order chi connectivity index (χ0) is 19.0. The van der Waals surface area contributed by atoms with Gasteiger partial charge in [-0.25, -0.2) is 14.3 Å². The Kier molecular flexibility index (Phi) is 4.24. The molecular formula is C23H20N2O2. The van der Waals surface area contributed by atoms with Gasteiger partial charge in [0.05, 0.1) is 18.1 Å². The van der Waals surface area contributed by atoms with Crippen LogP contribution in [0.4, 0.5) is 4.79 Å². The fraction of sp³-hybridized carbons (Fsp3) is 0.130. The summed E-state index contributed by atoms with van der Waals surface area (Å²) in [5.41, 5.74) is 8.25. The molecule has 1 heterocycles. The van der Waals surface area contributed by atoms with E-state index in [1.54, 1.807) is 0 Å². The van der Waals surface area contributed by atoms with Crippen molar-refractivity contribution in [2.75, 3.05) is 7.11 Å². The van der Waals surface area contributed by atoms with Gasteiger partial charge in [-0.15, -0.1) is 0 Å². The van der Waals surface area contributed by atoms with Crippen LogP contribution < -0.4 is 0 Å². The molecule has 0 aliphatic rings. The maximum atomic E-state index is 12.1. The van der Waals surface area contributed by atoms with Crippen molar-refractivity contribution < 1.29 is 9.53 Å². The first kappa shape index (κ1) is 17.0. The Labute approximate surface area is 158 Å². The molecule has 3 aromatic carbocycles. The van der Waals surface area contributed by atoms with E-state index in [0.29, 0.717) is 0 Å². The lowest BCUT2D eigenvalue weighted by molar-refractivity contribution is 0.174. The van der Waals surface area contributed by atoms with Gasteiger partial charge in [0.15, 0.2) is 0 Å². The zero-order valence-corrected chi connectivity index (χ0v) is 15.6. The molecule has 0 spiro atoms. The van der Waals surface area contributed by atoms with Crippen LogP contribution in [0.5, 0.6) is 0 Å². The molecule has 0 unspecified atom stereocenters. The van der Waals surface area contributed by atoms with Crippen LogP contribution in [0.15, 0.2) is 67.0 Å². The third kappa shape index (κ3) is 3.10. The highest BCUT2D eigenvalue weighted by molar-refractivity contribution is 5.96. The van der Waals surface area contributed by atoms with Crippen molar-refractivity contribution in [3.63, 3.8) is 0 Å². The summed E-state index contributed by atoms with van der Waals surface area (Å²) in [6.45, 7) is 4.14. The van der Waals surface area contributed by atoms with Gasteiger partial charge in [0, 0.05) is 0 Å². The van der Waals surface area contributed by atoms with E-state index in [4.69, 9.17) is 4.74 Å². The lowest BCUT2D eigenvalue weighted by Gasteiger charge is -2.12. The van der Waals surface area contributed by atoms with Crippen molar-refractivity contribution in [1.29, 1.82) is 0 Å². The van der Waals surface area contributed by atoms with E-state index in [1.165, 1.54) is 29.1 Å². The first-order chi connectivity index (χ1) is 13.1. The molecule has 0 radical (unpaired) electrons. The zero-order valence-electron chi connectivity index (χ0n) is 15.6. The molecule has 0 bridgehead atoms. The van der Waals surface area contributed by atoms with E-state index in [0.717, 1.165) is 33.3 Å². The van der Waals surface area contributed by atoms with Crippen LogP contribution in [0.1, 0.15) is 11.1 Å². The summed E-state index contributed by atoms with van der Waals surface area (Å²) in [6, 6.07) is 20.9. The quantitative estimate of drug-likeness (QED) is 0.469. The molecule has 0 saturated carbocycles. The van der Waals surface area contributed by atoms with Crippen molar-refractivity contribution in [2.45, 2.75) is 13.8 Å². The highest BCUT2D eigenvalue weighted by Crippen LogP contribution is 2.35. The summed E-state index contributed by atoms with van der Waals surface area (Å²) in [7, 11) is 1.37. The number of aromatic nitrogens is 2. The monoisotopic (exact) mass is 356 g/mol. The Balaban J connectivity index is 2.00. The Morgan fingerprint density at radius 3 is 1.89 bits per heavy atom. The standard InChI is InChI=1S/C23H20N2O2/c1-15-4-8-17(9-5-15)19-12-21-22(25(14-24-21)23(26)27-3)13-20(19)18-10-6-16(2)7-11-18/h4-14H,1-3H3. The smallest absolute Gasteiger partial charge is 0.419 e. The molecular weight excluding hydrogens is 336 g/mol. The van der Waals surface area contributed by atoms with Crippen LogP contribution in [0, 0.1) is 13.8 Å². The van der Waals surface area contributed by atoms with Crippen molar-refractivity contribution >= 4 is 17.1 Å². The molecule has 1 aromatic heterocycles. The lowest BCUT2D eigenvalue weighted by Crippen LogP contribution is -2.09. The average Bonchev–Trinajstić information content (AvgIpc) is 3.10. The Bertz CT molecular complexity index is 1120. The van der Waals surface area contributed by atoms with Gasteiger partial charge < -0.3 is 4.74 Å². The number of rotatable bonds is 2. The molecule has 0 aliphatic carbocycles. The molecule has 27 heavy (non-hydrogen) atoms. The van der Waals surface area contributed by atoms with E-state index in [1.807, 2.05) is 12.1 Å². The van der Waals surface area contributed by atoms with Crippen LogP contribution in [-0.4, -0.2) is 22.8 Å². The van der Waals surface area contributed by atoms with Crippen LogP contribution >= 0.6 is 0 Å². The summed E-state index contributed by atoms with van der Waals surface area (Å²) in [5.74, 6) is 0. The van der Waals surface area contributed by atoms with Crippen molar-refractivity contribution in [1.82, 2.24) is 9.55 Å². The van der Waals surface area contributed by atoms with Crippen molar-refractivity contribution in [3.8, 4) is 22.3 Å². The molecule has 0 amide bonds. The van der Waals surface area contributed by atoms with Crippen LogP contribution in [0.2, 0.25) is 0 Å². The van der Waals surface area contributed by atoms with E-state index >= 15 is 0 Å². The summed E-state index contributed by atoms with van der Waals surface area (Å²) >= 11 is 0. The first-order valence-corrected chi connectivity index (χ1v) is 8.80. The number of aryl methyl sites for hydroxylation is 2. The van der Waals surface area contributed by atoms with Crippen molar-refractivity contribution in [3.05, 3.63) is 78.1 Å². The third-order valence-electron chi connectivity index (χ3n) is 4.78. The number of benzene rings is 3. The van der Waals surface area contributed by atoms with Crippen molar-refractivity contribution in [2.24, 2.45) is 0 Å². The highest BCUT2D eigenvalue weighted by Gasteiger charge is 2.15. The minimum atomic E-state index is -0.449. The van der Waals surface area contributed by atoms with Gasteiger partial charge in [-0.05, 0) is 48.2 Å². The molecule has 0 aliphatic heterocycles. The highest BCUT2D eigenvalue weighted by atomic mass is 16.5. The summed E-state index contributed by atoms with van der Waals surface area (Å²) in [4.78, 5) is 16.5. The molecule has 4 aromatic rings. The third-order valence-corrected chi connectivity index (χ3v) is 4.78. The predicted octanol–water partition coefficient (Wildman–Crippen LogP) is 5.60. The maximum absolute atomic E-state index is 12.1. The van der Waals surface area contributed by atoms with Gasteiger partial charge >= 0.3 is 6.09 Å². The second kappa shape index (κ2) is 6.72. The fourth-order valence-corrected chi connectivity index (χ4v) is 3.24. The Hall–Kier alpha value is -3.40. The maximum Gasteiger partial charge on any atom is 0.419 e. The molecule has 0 saturated heterocycles. The number of imidazole rings is 1. The van der Waals surface area contributed by atoms with E-state index in [2.05, 4.69) is 67.4 Å². The number of hydrogen-bond acceptors (Lipinski definition) is 3. The Morgan fingerprint density at radius 1 is 0.852 bits per heavy atom. The predicted molar refractivity (Wildman–Crippen MR) is 108 cm³/mol. The molecule has 4 rings (SSSR count). The molecule has 0 N–H and O–H groups in total. The van der Waals surface area contributed by atoms with E-state index < -0.39 is 6.09 Å². The van der Waals surface area contributed by atoms with Gasteiger partial charge in [-0.1, -0.05) is 59.7 Å². The SMILES string of the molecule is COC(=O)n1cnc2cc(-c3ccc(C)cc3)c(-c3ccc(C)cc3)cc21. The van der Waals surface area contributed by atoms with Crippen LogP contribution in [-0.2, 0) is 4.74 Å². The van der Waals surface area contributed by atoms with Gasteiger partial charge in [0.1, 0.15) is 6.33 Å². The lowest BCUT2D eigenvalue weighted by atomic mass is 9.93. The van der Waals surface area contributed by atoms with Crippen LogP contribution in [0.3, 0.4) is 0 Å². The molecule has 4 nitrogen and oxygen atoms in total. The summed E-state index contributed by atoms with van der Waals surface area (Å²) in [5, 5.41) is 0. The second-order valence-corrected chi connectivity index (χ2v) is 6.70. The molecule has 4 heteroatoms. The minimum Gasteiger partial charge on any atom is -0.452 e. The fourth-order valence-electron chi connectivity index (χ4n) is 3.24. The largest absolute Gasteiger partial charge is 0.452 e. The first-order valence-electron chi connectivity index (χ1n) is 8.80. The number of fused-ring (bicyclic) bond motifs is 1. The molecule has 0 fully saturated rings. The average molecular weight is 356 g/mol. The Morgan fingerprint density at radius 2 is 1.37 bits per heavy atom. The topological polar surface area (TPSA) is 44.1 Å².